The Morgan fingerprint density at radius 1 is 1.13 bits per heavy atom. The Labute approximate surface area is 184 Å². The van der Waals surface area contributed by atoms with Crippen LogP contribution in [-0.2, 0) is 20.6 Å². The number of ether oxygens (including phenoxy) is 1. The monoisotopic (exact) mass is 450 g/mol. The van der Waals surface area contributed by atoms with Crippen LogP contribution in [0.1, 0.15) is 24.0 Å². The van der Waals surface area contributed by atoms with Gasteiger partial charge in [-0.2, -0.15) is 11.8 Å². The van der Waals surface area contributed by atoms with Crippen LogP contribution in [0.5, 0.6) is 5.75 Å². The maximum Gasteiger partial charge on any atom is 0.232 e. The highest BCUT2D eigenvalue weighted by Crippen LogP contribution is 2.29. The minimum absolute atomic E-state index is 0.0700. The molecular weight excluding hydrogens is 420 g/mol. The molecule has 0 aromatic heterocycles. The van der Waals surface area contributed by atoms with Crippen molar-refractivity contribution in [2.75, 3.05) is 36.5 Å². The van der Waals surface area contributed by atoms with Gasteiger partial charge in [-0.25, -0.2) is 8.42 Å². The van der Waals surface area contributed by atoms with Crippen molar-refractivity contribution in [2.45, 2.75) is 25.5 Å². The molecule has 0 atom stereocenters. The molecule has 0 saturated heterocycles. The van der Waals surface area contributed by atoms with E-state index >= 15 is 0 Å². The summed E-state index contributed by atoms with van der Waals surface area (Å²) in [7, 11) is -1.98. The molecule has 0 spiro atoms. The number of carbonyl (C=O) groups is 1. The highest BCUT2D eigenvalue weighted by Gasteiger charge is 2.20. The van der Waals surface area contributed by atoms with Crippen molar-refractivity contribution >= 4 is 33.4 Å². The van der Waals surface area contributed by atoms with Crippen LogP contribution < -0.4 is 14.4 Å². The second-order valence-corrected chi connectivity index (χ2v) is 10.0. The molecule has 1 N–H and O–H groups in total. The van der Waals surface area contributed by atoms with Crippen molar-refractivity contribution < 1.29 is 17.9 Å². The van der Waals surface area contributed by atoms with E-state index in [0.717, 1.165) is 17.8 Å². The van der Waals surface area contributed by atoms with E-state index in [1.54, 1.807) is 36.0 Å². The van der Waals surface area contributed by atoms with Crippen LogP contribution in [0.3, 0.4) is 0 Å². The first-order chi connectivity index (χ1) is 14.3. The number of rotatable bonds is 12. The third-order valence-corrected chi connectivity index (χ3v) is 6.69. The fourth-order valence-corrected chi connectivity index (χ4v) is 4.70. The van der Waals surface area contributed by atoms with Crippen LogP contribution in [0.25, 0.3) is 0 Å². The van der Waals surface area contributed by atoms with Crippen molar-refractivity contribution in [3.63, 3.8) is 0 Å². The summed E-state index contributed by atoms with van der Waals surface area (Å²) >= 11 is 1.77. The summed E-state index contributed by atoms with van der Waals surface area (Å²) in [6, 6.07) is 15.4. The average molecular weight is 451 g/mol. The van der Waals surface area contributed by atoms with Crippen molar-refractivity contribution in [1.29, 1.82) is 0 Å². The zero-order chi connectivity index (χ0) is 22.0. The molecule has 0 radical (unpaired) electrons. The van der Waals surface area contributed by atoms with Crippen LogP contribution in [0, 0.1) is 6.92 Å². The molecule has 0 bridgehead atoms. The maximum absolute atomic E-state index is 12.2. The van der Waals surface area contributed by atoms with E-state index in [4.69, 9.17) is 4.74 Å². The minimum atomic E-state index is -3.48. The van der Waals surface area contributed by atoms with Gasteiger partial charge in [0.15, 0.2) is 0 Å². The van der Waals surface area contributed by atoms with Crippen LogP contribution in [0.4, 0.5) is 5.69 Å². The summed E-state index contributed by atoms with van der Waals surface area (Å²) < 4.78 is 31.0. The highest BCUT2D eigenvalue weighted by atomic mass is 32.2. The van der Waals surface area contributed by atoms with Crippen molar-refractivity contribution in [1.82, 2.24) is 5.32 Å². The normalized spacial score (nSPS) is 11.2. The topological polar surface area (TPSA) is 75.7 Å². The van der Waals surface area contributed by atoms with E-state index in [1.807, 2.05) is 0 Å². The van der Waals surface area contributed by atoms with Gasteiger partial charge in [-0.1, -0.05) is 42.0 Å². The molecule has 0 aliphatic rings. The predicted octanol–water partition coefficient (Wildman–Crippen LogP) is 3.60. The Morgan fingerprint density at radius 3 is 2.50 bits per heavy atom. The zero-order valence-electron chi connectivity index (χ0n) is 17.8. The van der Waals surface area contributed by atoms with Crippen molar-refractivity contribution in [3.05, 3.63) is 59.7 Å². The first-order valence-electron chi connectivity index (χ1n) is 9.82. The summed E-state index contributed by atoms with van der Waals surface area (Å²) in [5, 5.41) is 2.90. The number of para-hydroxylation sites is 2. The van der Waals surface area contributed by atoms with Crippen LogP contribution in [-0.4, -0.2) is 46.5 Å². The van der Waals surface area contributed by atoms with Gasteiger partial charge in [-0.3, -0.25) is 9.10 Å². The van der Waals surface area contributed by atoms with E-state index in [1.165, 1.54) is 22.5 Å². The van der Waals surface area contributed by atoms with E-state index in [2.05, 4.69) is 36.5 Å². The number of aryl methyl sites for hydroxylation is 1. The maximum atomic E-state index is 12.2. The number of carbonyl (C=O) groups excluding carboxylic acids is 1. The predicted molar refractivity (Wildman–Crippen MR) is 125 cm³/mol. The van der Waals surface area contributed by atoms with Gasteiger partial charge in [0, 0.05) is 31.0 Å². The standard InChI is InChI=1S/C22H30N2O4S2/c1-18-10-12-19(13-11-18)17-29-16-14-23-22(25)9-6-15-24(30(3,26)27)20-7-4-5-8-21(20)28-2/h4-5,7-8,10-13H,6,9,14-17H2,1-3H3,(H,23,25). The molecule has 0 fully saturated rings. The number of methoxy groups -OCH3 is 1. The second kappa shape index (κ2) is 11.9. The summed E-state index contributed by atoms with van der Waals surface area (Å²) in [5.41, 5.74) is 3.00. The lowest BCUT2D eigenvalue weighted by molar-refractivity contribution is -0.121. The molecule has 0 aliphatic carbocycles. The van der Waals surface area contributed by atoms with Gasteiger partial charge in [0.1, 0.15) is 5.75 Å². The molecule has 1 amide bonds. The molecule has 0 aliphatic heterocycles. The average Bonchev–Trinajstić information content (AvgIpc) is 2.71. The van der Waals surface area contributed by atoms with Crippen molar-refractivity contribution in [3.8, 4) is 5.75 Å². The number of sulfonamides is 1. The van der Waals surface area contributed by atoms with Gasteiger partial charge in [0.05, 0.1) is 19.1 Å². The molecule has 0 saturated carbocycles. The molecule has 6 nitrogen and oxygen atoms in total. The summed E-state index contributed by atoms with van der Waals surface area (Å²) in [4.78, 5) is 12.1. The molecular formula is C22H30N2O4S2. The van der Waals surface area contributed by atoms with Crippen LogP contribution >= 0.6 is 11.8 Å². The Kier molecular flexibility index (Phi) is 9.52. The first kappa shape index (κ1) is 24.1. The third kappa shape index (κ3) is 7.91. The largest absolute Gasteiger partial charge is 0.495 e. The fourth-order valence-electron chi connectivity index (χ4n) is 2.91. The minimum Gasteiger partial charge on any atom is -0.495 e. The Morgan fingerprint density at radius 2 is 1.83 bits per heavy atom. The van der Waals surface area contributed by atoms with Gasteiger partial charge >= 0.3 is 0 Å². The fraction of sp³-hybridized carbons (Fsp3) is 0.409. The SMILES string of the molecule is COc1ccccc1N(CCCC(=O)NCCSCc1ccc(C)cc1)S(C)(=O)=O. The Bertz CT molecular complexity index is 915. The second-order valence-electron chi connectivity index (χ2n) is 7.00. The first-order valence-corrected chi connectivity index (χ1v) is 12.8. The number of anilines is 1. The third-order valence-electron chi connectivity index (χ3n) is 4.48. The van der Waals surface area contributed by atoms with E-state index < -0.39 is 10.0 Å². The molecule has 0 heterocycles. The lowest BCUT2D eigenvalue weighted by Crippen LogP contribution is -2.32. The van der Waals surface area contributed by atoms with Gasteiger partial charge in [-0.15, -0.1) is 0 Å². The van der Waals surface area contributed by atoms with Crippen molar-refractivity contribution in [2.24, 2.45) is 0 Å². The Hall–Kier alpha value is -2.19. The number of amides is 1. The molecule has 30 heavy (non-hydrogen) atoms. The molecule has 0 unspecified atom stereocenters. The van der Waals surface area contributed by atoms with Gasteiger partial charge in [-0.05, 0) is 31.0 Å². The number of nitrogens with one attached hydrogen (secondary N) is 1. The molecule has 8 heteroatoms. The smallest absolute Gasteiger partial charge is 0.232 e. The molecule has 2 aromatic rings. The van der Waals surface area contributed by atoms with Gasteiger partial charge in [0.2, 0.25) is 15.9 Å². The zero-order valence-corrected chi connectivity index (χ0v) is 19.4. The quantitative estimate of drug-likeness (QED) is 0.500. The van der Waals surface area contributed by atoms with Crippen LogP contribution in [0.2, 0.25) is 0 Å². The molecule has 2 rings (SSSR count). The number of benzene rings is 2. The number of nitrogens with zero attached hydrogens (tertiary/aromatic N) is 1. The number of thioether (sulfide) groups is 1. The van der Waals surface area contributed by atoms with E-state index in [-0.39, 0.29) is 18.9 Å². The highest BCUT2D eigenvalue weighted by molar-refractivity contribution is 7.98. The molecule has 164 valence electrons. The van der Waals surface area contributed by atoms with Crippen LogP contribution in [0.15, 0.2) is 48.5 Å². The van der Waals surface area contributed by atoms with E-state index in [0.29, 0.717) is 24.4 Å². The lowest BCUT2D eigenvalue weighted by atomic mass is 10.2. The summed E-state index contributed by atoms with van der Waals surface area (Å²) in [5.74, 6) is 2.16. The Balaban J connectivity index is 1.73. The number of hydrogen-bond donors (Lipinski definition) is 1. The van der Waals surface area contributed by atoms with Gasteiger partial charge in [0.25, 0.3) is 0 Å². The van der Waals surface area contributed by atoms with Gasteiger partial charge < -0.3 is 10.1 Å². The summed E-state index contributed by atoms with van der Waals surface area (Å²) in [6.07, 6.45) is 1.85. The van der Waals surface area contributed by atoms with E-state index in [9.17, 15) is 13.2 Å². The lowest BCUT2D eigenvalue weighted by Gasteiger charge is -2.24. The molecule has 2 aromatic carbocycles. The number of hydrogen-bond acceptors (Lipinski definition) is 5. The summed E-state index contributed by atoms with van der Waals surface area (Å²) in [6.45, 7) is 2.88.